The second-order valence-corrected chi connectivity index (χ2v) is 5.06. The van der Waals surface area contributed by atoms with Crippen LogP contribution in [0, 0.1) is 0 Å². The van der Waals surface area contributed by atoms with Gasteiger partial charge in [0, 0.05) is 36.1 Å². The van der Waals surface area contributed by atoms with E-state index >= 15 is 0 Å². The van der Waals surface area contributed by atoms with Crippen LogP contribution in [0.3, 0.4) is 0 Å². The van der Waals surface area contributed by atoms with Crippen LogP contribution in [0.15, 0.2) is 35.1 Å². The van der Waals surface area contributed by atoms with Gasteiger partial charge in [-0.1, -0.05) is 5.16 Å². The zero-order chi connectivity index (χ0) is 14.1. The van der Waals surface area contributed by atoms with Crippen molar-refractivity contribution in [1.82, 2.24) is 30.6 Å². The molecule has 114 valence electrons. The standard InChI is InChI=1S/C14H14N6O.ClH/c1-4-15-5-2-9(1)13-17-14(21-20-13)12-7-11(18-19-12)10-3-6-16-8-10;/h1-2,4-5,7,10,16H,3,6,8H2,(H,18,19);1H. The molecule has 1 fully saturated rings. The molecule has 0 aromatic carbocycles. The molecule has 1 atom stereocenters. The zero-order valence-electron chi connectivity index (χ0n) is 11.7. The van der Waals surface area contributed by atoms with Crippen LogP contribution in [-0.2, 0) is 0 Å². The molecule has 7 nitrogen and oxygen atoms in total. The predicted molar refractivity (Wildman–Crippen MR) is 82.6 cm³/mol. The molecule has 1 saturated heterocycles. The normalized spacial score (nSPS) is 17.4. The Balaban J connectivity index is 0.00000144. The minimum atomic E-state index is 0. The van der Waals surface area contributed by atoms with Gasteiger partial charge in [0.25, 0.3) is 5.89 Å². The number of aromatic nitrogens is 5. The lowest BCUT2D eigenvalue weighted by Gasteiger charge is -2.02. The van der Waals surface area contributed by atoms with Crippen LogP contribution in [0.25, 0.3) is 23.0 Å². The maximum Gasteiger partial charge on any atom is 0.278 e. The maximum atomic E-state index is 5.30. The minimum absolute atomic E-state index is 0. The molecule has 0 saturated carbocycles. The molecule has 3 aromatic rings. The fourth-order valence-electron chi connectivity index (χ4n) is 2.52. The topological polar surface area (TPSA) is 92.5 Å². The van der Waals surface area contributed by atoms with Gasteiger partial charge in [-0.25, -0.2) is 0 Å². The van der Waals surface area contributed by atoms with E-state index in [4.69, 9.17) is 4.52 Å². The van der Waals surface area contributed by atoms with Gasteiger partial charge in [-0.15, -0.1) is 12.4 Å². The lowest BCUT2D eigenvalue weighted by Crippen LogP contribution is -2.08. The van der Waals surface area contributed by atoms with Crippen molar-refractivity contribution < 1.29 is 4.52 Å². The van der Waals surface area contributed by atoms with Crippen LogP contribution in [0.1, 0.15) is 18.0 Å². The number of H-pyrrole nitrogens is 1. The molecule has 1 aliphatic rings. The number of nitrogens with zero attached hydrogens (tertiary/aromatic N) is 4. The Bertz CT molecular complexity index is 735. The summed E-state index contributed by atoms with van der Waals surface area (Å²) >= 11 is 0. The molecule has 3 aromatic heterocycles. The van der Waals surface area contributed by atoms with E-state index in [0.29, 0.717) is 23.3 Å². The number of nitrogens with one attached hydrogen (secondary N) is 2. The van der Waals surface area contributed by atoms with Crippen molar-refractivity contribution in [2.24, 2.45) is 0 Å². The lowest BCUT2D eigenvalue weighted by atomic mass is 10.1. The fraction of sp³-hybridized carbons (Fsp3) is 0.286. The largest absolute Gasteiger partial charge is 0.332 e. The van der Waals surface area contributed by atoms with Gasteiger partial charge < -0.3 is 9.84 Å². The number of halogens is 1. The number of hydrogen-bond acceptors (Lipinski definition) is 6. The van der Waals surface area contributed by atoms with E-state index in [1.165, 1.54) is 0 Å². The Morgan fingerprint density at radius 1 is 1.23 bits per heavy atom. The highest BCUT2D eigenvalue weighted by molar-refractivity contribution is 5.85. The van der Waals surface area contributed by atoms with E-state index in [1.54, 1.807) is 12.4 Å². The predicted octanol–water partition coefficient (Wildman–Crippen LogP) is 2.02. The Labute approximate surface area is 133 Å². The zero-order valence-corrected chi connectivity index (χ0v) is 12.5. The summed E-state index contributed by atoms with van der Waals surface area (Å²) < 4.78 is 5.30. The Hall–Kier alpha value is -2.25. The van der Waals surface area contributed by atoms with E-state index in [1.807, 2.05) is 18.2 Å². The van der Waals surface area contributed by atoms with Crippen LogP contribution in [0.4, 0.5) is 0 Å². The quantitative estimate of drug-likeness (QED) is 0.767. The average molecular weight is 319 g/mol. The van der Waals surface area contributed by atoms with Gasteiger partial charge in [-0.05, 0) is 31.2 Å². The number of pyridine rings is 1. The van der Waals surface area contributed by atoms with Gasteiger partial charge in [-0.2, -0.15) is 10.1 Å². The van der Waals surface area contributed by atoms with Crippen molar-refractivity contribution in [2.75, 3.05) is 13.1 Å². The van der Waals surface area contributed by atoms with Crippen molar-refractivity contribution in [3.63, 3.8) is 0 Å². The third kappa shape index (κ3) is 2.72. The Morgan fingerprint density at radius 2 is 2.09 bits per heavy atom. The van der Waals surface area contributed by atoms with Gasteiger partial charge >= 0.3 is 0 Å². The molecule has 8 heteroatoms. The number of hydrogen-bond donors (Lipinski definition) is 2. The van der Waals surface area contributed by atoms with E-state index in [2.05, 4.69) is 30.6 Å². The van der Waals surface area contributed by atoms with E-state index in [9.17, 15) is 0 Å². The van der Waals surface area contributed by atoms with E-state index < -0.39 is 0 Å². The van der Waals surface area contributed by atoms with Crippen LogP contribution in [-0.4, -0.2) is 38.4 Å². The smallest absolute Gasteiger partial charge is 0.278 e. The van der Waals surface area contributed by atoms with Crippen molar-refractivity contribution in [2.45, 2.75) is 12.3 Å². The first-order valence-corrected chi connectivity index (χ1v) is 6.90. The highest BCUT2D eigenvalue weighted by Crippen LogP contribution is 2.25. The molecule has 4 heterocycles. The second-order valence-electron chi connectivity index (χ2n) is 5.06. The summed E-state index contributed by atoms with van der Waals surface area (Å²) in [5, 5.41) is 14.7. The van der Waals surface area contributed by atoms with Crippen LogP contribution < -0.4 is 5.32 Å². The van der Waals surface area contributed by atoms with Crippen molar-refractivity contribution in [3.8, 4) is 23.0 Å². The van der Waals surface area contributed by atoms with Crippen molar-refractivity contribution >= 4 is 12.4 Å². The molecule has 0 spiro atoms. The fourth-order valence-corrected chi connectivity index (χ4v) is 2.52. The molecular formula is C14H15ClN6O. The summed E-state index contributed by atoms with van der Waals surface area (Å²) in [6.07, 6.45) is 4.52. The van der Waals surface area contributed by atoms with Gasteiger partial charge in [0.1, 0.15) is 0 Å². The third-order valence-corrected chi connectivity index (χ3v) is 3.68. The molecule has 22 heavy (non-hydrogen) atoms. The highest BCUT2D eigenvalue weighted by atomic mass is 35.5. The van der Waals surface area contributed by atoms with Crippen LogP contribution >= 0.6 is 12.4 Å². The Kier molecular flexibility index (Phi) is 4.17. The first-order chi connectivity index (χ1) is 10.4. The SMILES string of the molecule is Cl.c1cc(-c2noc(-c3cc(C4CCNC4)[nH]n3)n2)ccn1. The molecule has 0 radical (unpaired) electrons. The van der Waals surface area contributed by atoms with Crippen molar-refractivity contribution in [1.29, 1.82) is 0 Å². The maximum absolute atomic E-state index is 5.30. The molecule has 0 aliphatic carbocycles. The molecule has 1 aliphatic heterocycles. The van der Waals surface area contributed by atoms with Gasteiger partial charge in [0.05, 0.1) is 0 Å². The first kappa shape index (κ1) is 14.7. The van der Waals surface area contributed by atoms with Crippen molar-refractivity contribution in [3.05, 3.63) is 36.3 Å². The summed E-state index contributed by atoms with van der Waals surface area (Å²) in [5.41, 5.74) is 2.67. The molecule has 2 N–H and O–H groups in total. The Morgan fingerprint density at radius 3 is 2.86 bits per heavy atom. The second kappa shape index (κ2) is 6.25. The van der Waals surface area contributed by atoms with Crippen LogP contribution in [0.5, 0.6) is 0 Å². The molecular weight excluding hydrogens is 304 g/mol. The van der Waals surface area contributed by atoms with E-state index in [0.717, 1.165) is 30.8 Å². The average Bonchev–Trinajstić information content (AvgIpc) is 3.27. The summed E-state index contributed by atoms with van der Waals surface area (Å²) in [4.78, 5) is 8.36. The minimum Gasteiger partial charge on any atom is -0.332 e. The first-order valence-electron chi connectivity index (χ1n) is 6.90. The third-order valence-electron chi connectivity index (χ3n) is 3.68. The highest BCUT2D eigenvalue weighted by Gasteiger charge is 2.21. The summed E-state index contributed by atoms with van der Waals surface area (Å²) in [6.45, 7) is 2.03. The summed E-state index contributed by atoms with van der Waals surface area (Å²) in [5.74, 6) is 1.45. The van der Waals surface area contributed by atoms with Crippen LogP contribution in [0.2, 0.25) is 0 Å². The molecule has 4 rings (SSSR count). The summed E-state index contributed by atoms with van der Waals surface area (Å²) in [7, 11) is 0. The molecule has 1 unspecified atom stereocenters. The number of aromatic amines is 1. The van der Waals surface area contributed by atoms with E-state index in [-0.39, 0.29) is 12.4 Å². The number of rotatable bonds is 3. The van der Waals surface area contributed by atoms with Gasteiger partial charge in [0.2, 0.25) is 5.82 Å². The summed E-state index contributed by atoms with van der Waals surface area (Å²) in [6, 6.07) is 5.67. The van der Waals surface area contributed by atoms with Gasteiger partial charge in [-0.3, -0.25) is 10.1 Å². The monoisotopic (exact) mass is 318 g/mol. The molecule has 0 amide bonds. The molecule has 0 bridgehead atoms. The lowest BCUT2D eigenvalue weighted by molar-refractivity contribution is 0.431. The van der Waals surface area contributed by atoms with Gasteiger partial charge in [0.15, 0.2) is 5.69 Å².